The summed E-state index contributed by atoms with van der Waals surface area (Å²) in [6, 6.07) is 4.13. The second-order valence-electron chi connectivity index (χ2n) is 8.05. The SMILES string of the molecule is CCc1cncc(C(=O)c2nc(N3CCN[C@@H](CC(C)C)C3)ccc2C(F)(F)F)c1. The van der Waals surface area contributed by atoms with Gasteiger partial charge < -0.3 is 10.2 Å². The molecule has 0 amide bonds. The van der Waals surface area contributed by atoms with Crippen molar-refractivity contribution in [1.82, 2.24) is 15.3 Å². The molecule has 0 aromatic carbocycles. The molecule has 0 unspecified atom stereocenters. The zero-order chi connectivity index (χ0) is 21.9. The minimum atomic E-state index is -4.67. The number of hydrogen-bond acceptors (Lipinski definition) is 5. The zero-order valence-corrected chi connectivity index (χ0v) is 17.5. The van der Waals surface area contributed by atoms with E-state index in [1.165, 1.54) is 12.3 Å². The molecule has 3 rings (SSSR count). The Hall–Kier alpha value is -2.48. The lowest BCUT2D eigenvalue weighted by Crippen LogP contribution is -2.51. The Morgan fingerprint density at radius 3 is 2.73 bits per heavy atom. The van der Waals surface area contributed by atoms with Gasteiger partial charge in [0.2, 0.25) is 5.78 Å². The summed E-state index contributed by atoms with van der Waals surface area (Å²) in [6.45, 7) is 8.12. The molecule has 162 valence electrons. The Bertz CT molecular complexity index is 898. The van der Waals surface area contributed by atoms with Crippen molar-refractivity contribution >= 4 is 11.6 Å². The second-order valence-corrected chi connectivity index (χ2v) is 8.05. The van der Waals surface area contributed by atoms with Gasteiger partial charge in [-0.2, -0.15) is 13.2 Å². The first-order valence-corrected chi connectivity index (χ1v) is 10.2. The molecule has 3 heterocycles. The monoisotopic (exact) mass is 420 g/mol. The highest BCUT2D eigenvalue weighted by Gasteiger charge is 2.37. The first kappa shape index (κ1) is 22.2. The van der Waals surface area contributed by atoms with Crippen molar-refractivity contribution in [2.75, 3.05) is 24.5 Å². The van der Waals surface area contributed by atoms with Crippen molar-refractivity contribution in [2.24, 2.45) is 5.92 Å². The Balaban J connectivity index is 1.97. The van der Waals surface area contributed by atoms with Crippen molar-refractivity contribution < 1.29 is 18.0 Å². The summed E-state index contributed by atoms with van der Waals surface area (Å²) >= 11 is 0. The number of pyridine rings is 2. The molecule has 1 fully saturated rings. The summed E-state index contributed by atoms with van der Waals surface area (Å²) in [5, 5.41) is 3.44. The molecule has 2 aromatic rings. The Labute approximate surface area is 174 Å². The molecule has 1 aliphatic rings. The van der Waals surface area contributed by atoms with Crippen LogP contribution in [-0.4, -0.2) is 41.4 Å². The van der Waals surface area contributed by atoms with E-state index in [1.54, 1.807) is 12.3 Å². The molecule has 1 atom stereocenters. The van der Waals surface area contributed by atoms with E-state index in [1.807, 2.05) is 11.8 Å². The number of halogens is 3. The lowest BCUT2D eigenvalue weighted by Gasteiger charge is -2.35. The predicted molar refractivity (Wildman–Crippen MR) is 110 cm³/mol. The van der Waals surface area contributed by atoms with Gasteiger partial charge in [0.25, 0.3) is 0 Å². The third-order valence-electron chi connectivity index (χ3n) is 5.20. The molecule has 0 aliphatic carbocycles. The molecule has 1 aliphatic heterocycles. The third-order valence-corrected chi connectivity index (χ3v) is 5.20. The van der Waals surface area contributed by atoms with Crippen LogP contribution >= 0.6 is 0 Å². The maximum Gasteiger partial charge on any atom is 0.418 e. The van der Waals surface area contributed by atoms with Crippen LogP contribution in [0.15, 0.2) is 30.6 Å². The van der Waals surface area contributed by atoms with Crippen LogP contribution in [0.2, 0.25) is 0 Å². The van der Waals surface area contributed by atoms with Gasteiger partial charge in [-0.15, -0.1) is 0 Å². The first-order valence-electron chi connectivity index (χ1n) is 10.2. The van der Waals surface area contributed by atoms with E-state index >= 15 is 0 Å². The molecule has 1 saturated heterocycles. The zero-order valence-electron chi connectivity index (χ0n) is 17.5. The largest absolute Gasteiger partial charge is 0.418 e. The van der Waals surface area contributed by atoms with Gasteiger partial charge in [0.05, 0.1) is 5.56 Å². The van der Waals surface area contributed by atoms with Gasteiger partial charge in [0, 0.05) is 43.6 Å². The average molecular weight is 420 g/mol. The molecule has 0 spiro atoms. The molecular formula is C22H27F3N4O. The number of nitrogens with zero attached hydrogens (tertiary/aromatic N) is 3. The minimum absolute atomic E-state index is 0.113. The van der Waals surface area contributed by atoms with Gasteiger partial charge in [-0.1, -0.05) is 20.8 Å². The number of anilines is 1. The van der Waals surface area contributed by atoms with Gasteiger partial charge in [-0.25, -0.2) is 4.98 Å². The minimum Gasteiger partial charge on any atom is -0.354 e. The van der Waals surface area contributed by atoms with Gasteiger partial charge in [0.15, 0.2) is 0 Å². The number of ketones is 1. The number of carbonyl (C=O) groups excluding carboxylic acids is 1. The van der Waals surface area contributed by atoms with Crippen LogP contribution in [0.3, 0.4) is 0 Å². The maximum absolute atomic E-state index is 13.6. The highest BCUT2D eigenvalue weighted by molar-refractivity contribution is 6.08. The number of nitrogens with one attached hydrogen (secondary N) is 1. The van der Waals surface area contributed by atoms with Crippen LogP contribution in [0.5, 0.6) is 0 Å². The first-order chi connectivity index (χ1) is 14.2. The molecule has 0 saturated carbocycles. The molecule has 1 N–H and O–H groups in total. The fraction of sp³-hybridized carbons (Fsp3) is 0.500. The number of piperazine rings is 1. The fourth-order valence-electron chi connectivity index (χ4n) is 3.73. The molecule has 0 radical (unpaired) electrons. The maximum atomic E-state index is 13.6. The van der Waals surface area contributed by atoms with Crippen LogP contribution in [0, 0.1) is 5.92 Å². The van der Waals surface area contributed by atoms with Crippen LogP contribution in [0.4, 0.5) is 19.0 Å². The predicted octanol–water partition coefficient (Wildman–Crippen LogP) is 4.11. The molecule has 2 aromatic heterocycles. The highest BCUT2D eigenvalue weighted by atomic mass is 19.4. The van der Waals surface area contributed by atoms with E-state index in [-0.39, 0.29) is 11.6 Å². The van der Waals surface area contributed by atoms with Crippen LogP contribution in [0.1, 0.15) is 54.4 Å². The van der Waals surface area contributed by atoms with Gasteiger partial charge >= 0.3 is 6.18 Å². The van der Waals surface area contributed by atoms with E-state index < -0.39 is 23.2 Å². The Kier molecular flexibility index (Phi) is 6.75. The van der Waals surface area contributed by atoms with Crippen molar-refractivity contribution in [1.29, 1.82) is 0 Å². The summed E-state index contributed by atoms with van der Waals surface area (Å²) < 4.78 is 40.9. The van der Waals surface area contributed by atoms with E-state index in [9.17, 15) is 18.0 Å². The Morgan fingerprint density at radius 1 is 1.30 bits per heavy atom. The smallest absolute Gasteiger partial charge is 0.354 e. The van der Waals surface area contributed by atoms with Gasteiger partial charge in [-0.05, 0) is 42.5 Å². The van der Waals surface area contributed by atoms with Crippen molar-refractivity contribution in [3.05, 3.63) is 53.0 Å². The molecule has 30 heavy (non-hydrogen) atoms. The summed E-state index contributed by atoms with van der Waals surface area (Å²) in [5.74, 6) is 0.126. The quantitative estimate of drug-likeness (QED) is 0.713. The van der Waals surface area contributed by atoms with Crippen LogP contribution in [0.25, 0.3) is 0 Å². The summed E-state index contributed by atoms with van der Waals surface area (Å²) in [5.41, 5.74) is -0.701. The average Bonchev–Trinajstić information content (AvgIpc) is 2.72. The number of aryl methyl sites for hydroxylation is 1. The summed E-state index contributed by atoms with van der Waals surface area (Å²) in [4.78, 5) is 23.1. The van der Waals surface area contributed by atoms with Crippen LogP contribution in [-0.2, 0) is 12.6 Å². The number of rotatable bonds is 6. The van der Waals surface area contributed by atoms with Crippen molar-refractivity contribution in [3.63, 3.8) is 0 Å². The summed E-state index contributed by atoms with van der Waals surface area (Å²) in [7, 11) is 0. The normalized spacial score (nSPS) is 17.4. The van der Waals surface area contributed by atoms with Crippen molar-refractivity contribution in [2.45, 2.75) is 45.8 Å². The molecule has 5 nitrogen and oxygen atoms in total. The standard InChI is InChI=1S/C22H27F3N4O/c1-4-15-10-16(12-26-11-15)21(30)20-18(22(23,24)25)5-6-19(28-20)29-8-7-27-17(13-29)9-14(2)3/h5-6,10-12,14,17,27H,4,7-9,13H2,1-3H3/t17-/m0/s1. The van der Waals surface area contributed by atoms with E-state index in [0.717, 1.165) is 18.1 Å². The van der Waals surface area contributed by atoms with Gasteiger partial charge in [0.1, 0.15) is 11.5 Å². The number of alkyl halides is 3. The highest BCUT2D eigenvalue weighted by Crippen LogP contribution is 2.33. The lowest BCUT2D eigenvalue weighted by atomic mass is 10.0. The number of carbonyl (C=O) groups is 1. The van der Waals surface area contributed by atoms with E-state index in [2.05, 4.69) is 29.1 Å². The number of aromatic nitrogens is 2. The third kappa shape index (κ3) is 5.16. The molecule has 0 bridgehead atoms. The van der Waals surface area contributed by atoms with Gasteiger partial charge in [-0.3, -0.25) is 9.78 Å². The molecule has 8 heteroatoms. The van der Waals surface area contributed by atoms with E-state index in [0.29, 0.717) is 37.8 Å². The van der Waals surface area contributed by atoms with Crippen molar-refractivity contribution in [3.8, 4) is 0 Å². The number of hydrogen-bond donors (Lipinski definition) is 1. The molecular weight excluding hydrogens is 393 g/mol. The lowest BCUT2D eigenvalue weighted by molar-refractivity contribution is -0.138. The second kappa shape index (κ2) is 9.12. The fourth-order valence-corrected chi connectivity index (χ4v) is 3.73. The van der Waals surface area contributed by atoms with E-state index in [4.69, 9.17) is 0 Å². The Morgan fingerprint density at radius 2 is 2.07 bits per heavy atom. The summed E-state index contributed by atoms with van der Waals surface area (Å²) in [6.07, 6.45) is -0.194. The topological polar surface area (TPSA) is 58.1 Å². The van der Waals surface area contributed by atoms with Crippen LogP contribution < -0.4 is 10.2 Å².